The summed E-state index contributed by atoms with van der Waals surface area (Å²) < 4.78 is 14.1. The number of hydrogen-bond acceptors (Lipinski definition) is 3. The number of nitrogens with two attached hydrogens (primary N) is 1. The van der Waals surface area contributed by atoms with Crippen LogP contribution in [0.2, 0.25) is 0 Å². The molecule has 0 saturated heterocycles. The van der Waals surface area contributed by atoms with Gasteiger partial charge in [0.1, 0.15) is 5.82 Å². The molecule has 5 heteroatoms. The average molecular weight is 338 g/mol. The van der Waals surface area contributed by atoms with Gasteiger partial charge in [0, 0.05) is 21.4 Å². The summed E-state index contributed by atoms with van der Waals surface area (Å²) in [7, 11) is 0. The smallest absolute Gasteiger partial charge is 0.159 e. The van der Waals surface area contributed by atoms with Gasteiger partial charge >= 0.3 is 0 Å². The number of benzene rings is 1. The summed E-state index contributed by atoms with van der Waals surface area (Å²) in [6.45, 7) is 6.48. The zero-order valence-electron chi connectivity index (χ0n) is 11.7. The summed E-state index contributed by atoms with van der Waals surface area (Å²) in [4.78, 5) is 9.00. The molecule has 0 radical (unpaired) electrons. The number of aryl methyl sites for hydroxylation is 2. The van der Waals surface area contributed by atoms with E-state index >= 15 is 0 Å². The predicted molar refractivity (Wildman–Crippen MR) is 82.1 cm³/mol. The van der Waals surface area contributed by atoms with Gasteiger partial charge in [-0.05, 0) is 50.1 Å². The molecule has 2 aromatic rings. The second-order valence-electron chi connectivity index (χ2n) is 4.93. The molecule has 0 aliphatic rings. The van der Waals surface area contributed by atoms with E-state index in [4.69, 9.17) is 5.73 Å². The highest BCUT2D eigenvalue weighted by Crippen LogP contribution is 2.26. The molecule has 2 rings (SSSR count). The third-order valence-corrected chi connectivity index (χ3v) is 3.75. The van der Waals surface area contributed by atoms with E-state index in [0.29, 0.717) is 22.4 Å². The maximum Gasteiger partial charge on any atom is 0.159 e. The Morgan fingerprint density at radius 3 is 2.30 bits per heavy atom. The zero-order chi connectivity index (χ0) is 14.9. The van der Waals surface area contributed by atoms with Gasteiger partial charge in [-0.3, -0.25) is 0 Å². The molecule has 3 nitrogen and oxygen atoms in total. The molecule has 1 unspecified atom stereocenters. The van der Waals surface area contributed by atoms with E-state index in [1.165, 1.54) is 12.1 Å². The number of hydrogen-bond donors (Lipinski definition) is 1. The van der Waals surface area contributed by atoms with Crippen LogP contribution in [0, 0.1) is 19.7 Å². The second-order valence-corrected chi connectivity index (χ2v) is 5.84. The highest BCUT2D eigenvalue weighted by Gasteiger charge is 2.15. The standard InChI is InChI=1S/C15H17BrFN3/c1-8(7-18)14-9(2)19-15(20-10(14)3)11-4-12(16)6-13(17)5-11/h4-6,8H,7,18H2,1-3H3. The van der Waals surface area contributed by atoms with E-state index in [0.717, 1.165) is 17.0 Å². The van der Waals surface area contributed by atoms with Gasteiger partial charge in [0.05, 0.1) is 0 Å². The van der Waals surface area contributed by atoms with Crippen molar-refractivity contribution in [2.24, 2.45) is 5.73 Å². The minimum absolute atomic E-state index is 0.211. The Balaban J connectivity index is 2.54. The van der Waals surface area contributed by atoms with Crippen LogP contribution in [0.1, 0.15) is 29.8 Å². The van der Waals surface area contributed by atoms with Crippen molar-refractivity contribution in [3.8, 4) is 11.4 Å². The van der Waals surface area contributed by atoms with Crippen LogP contribution >= 0.6 is 15.9 Å². The summed E-state index contributed by atoms with van der Waals surface area (Å²) in [6.07, 6.45) is 0. The van der Waals surface area contributed by atoms with Gasteiger partial charge in [0.25, 0.3) is 0 Å². The molecule has 1 atom stereocenters. The second kappa shape index (κ2) is 5.97. The van der Waals surface area contributed by atoms with Crippen molar-refractivity contribution in [3.05, 3.63) is 45.4 Å². The van der Waals surface area contributed by atoms with Crippen LogP contribution in [0.5, 0.6) is 0 Å². The molecule has 0 aliphatic carbocycles. The summed E-state index contributed by atoms with van der Waals surface area (Å²) in [5.74, 6) is 0.434. The van der Waals surface area contributed by atoms with Gasteiger partial charge in [0.15, 0.2) is 5.82 Å². The highest BCUT2D eigenvalue weighted by atomic mass is 79.9. The van der Waals surface area contributed by atoms with Crippen LogP contribution in [0.25, 0.3) is 11.4 Å². The van der Waals surface area contributed by atoms with Crippen molar-refractivity contribution in [1.82, 2.24) is 9.97 Å². The van der Waals surface area contributed by atoms with Crippen LogP contribution < -0.4 is 5.73 Å². The van der Waals surface area contributed by atoms with Crippen molar-refractivity contribution in [1.29, 1.82) is 0 Å². The van der Waals surface area contributed by atoms with E-state index in [-0.39, 0.29) is 11.7 Å². The highest BCUT2D eigenvalue weighted by molar-refractivity contribution is 9.10. The number of aromatic nitrogens is 2. The van der Waals surface area contributed by atoms with Crippen molar-refractivity contribution < 1.29 is 4.39 Å². The van der Waals surface area contributed by atoms with Crippen LogP contribution in [0.3, 0.4) is 0 Å². The summed E-state index contributed by atoms with van der Waals surface area (Å²) in [6, 6.07) is 4.66. The lowest BCUT2D eigenvalue weighted by Gasteiger charge is -2.15. The Hall–Kier alpha value is -1.33. The van der Waals surface area contributed by atoms with Crippen molar-refractivity contribution in [2.45, 2.75) is 26.7 Å². The van der Waals surface area contributed by atoms with Gasteiger partial charge in [-0.25, -0.2) is 14.4 Å². The SMILES string of the molecule is Cc1nc(-c2cc(F)cc(Br)c2)nc(C)c1C(C)CN. The molecule has 0 bridgehead atoms. The Bertz CT molecular complexity index is 600. The van der Waals surface area contributed by atoms with E-state index in [9.17, 15) is 4.39 Å². The summed E-state index contributed by atoms with van der Waals surface area (Å²) >= 11 is 3.28. The number of rotatable bonds is 3. The lowest BCUT2D eigenvalue weighted by molar-refractivity contribution is 0.627. The molecule has 1 heterocycles. The van der Waals surface area contributed by atoms with E-state index in [2.05, 4.69) is 32.8 Å². The number of halogens is 2. The largest absolute Gasteiger partial charge is 0.330 e. The van der Waals surface area contributed by atoms with Crippen LogP contribution in [-0.4, -0.2) is 16.5 Å². The summed E-state index contributed by atoms with van der Waals surface area (Å²) in [5.41, 5.74) is 9.25. The number of nitrogens with zero attached hydrogens (tertiary/aromatic N) is 2. The van der Waals surface area contributed by atoms with Gasteiger partial charge in [-0.2, -0.15) is 0 Å². The molecule has 0 saturated carbocycles. The maximum absolute atomic E-state index is 13.5. The minimum Gasteiger partial charge on any atom is -0.330 e. The fourth-order valence-corrected chi connectivity index (χ4v) is 2.83. The first-order chi connectivity index (χ1) is 9.42. The fraction of sp³-hybridized carbons (Fsp3) is 0.333. The Morgan fingerprint density at radius 1 is 1.20 bits per heavy atom. The molecule has 20 heavy (non-hydrogen) atoms. The monoisotopic (exact) mass is 337 g/mol. The summed E-state index contributed by atoms with van der Waals surface area (Å²) in [5, 5.41) is 0. The molecule has 0 amide bonds. The van der Waals surface area contributed by atoms with Gasteiger partial charge < -0.3 is 5.73 Å². The van der Waals surface area contributed by atoms with E-state index in [1.54, 1.807) is 0 Å². The van der Waals surface area contributed by atoms with Crippen molar-refractivity contribution >= 4 is 15.9 Å². The van der Waals surface area contributed by atoms with Gasteiger partial charge in [-0.15, -0.1) is 0 Å². The molecule has 0 aliphatic heterocycles. The third-order valence-electron chi connectivity index (χ3n) is 3.29. The van der Waals surface area contributed by atoms with Crippen LogP contribution in [0.4, 0.5) is 4.39 Å². The Morgan fingerprint density at radius 2 is 1.80 bits per heavy atom. The molecule has 1 aromatic carbocycles. The Labute approximate surface area is 126 Å². The average Bonchev–Trinajstić information content (AvgIpc) is 2.36. The predicted octanol–water partition coefficient (Wildman–Crippen LogP) is 3.72. The molecular formula is C15H17BrFN3. The fourth-order valence-electron chi connectivity index (χ4n) is 2.37. The topological polar surface area (TPSA) is 51.8 Å². The van der Waals surface area contributed by atoms with E-state index in [1.807, 2.05) is 19.9 Å². The van der Waals surface area contributed by atoms with Crippen molar-refractivity contribution in [3.63, 3.8) is 0 Å². The van der Waals surface area contributed by atoms with Gasteiger partial charge in [-0.1, -0.05) is 22.9 Å². The van der Waals surface area contributed by atoms with E-state index < -0.39 is 0 Å². The maximum atomic E-state index is 13.5. The van der Waals surface area contributed by atoms with Gasteiger partial charge in [0.2, 0.25) is 0 Å². The molecule has 106 valence electrons. The lowest BCUT2D eigenvalue weighted by atomic mass is 9.98. The quantitative estimate of drug-likeness (QED) is 0.928. The molecule has 0 fully saturated rings. The first-order valence-electron chi connectivity index (χ1n) is 6.44. The minimum atomic E-state index is -0.312. The first kappa shape index (κ1) is 15.1. The van der Waals surface area contributed by atoms with Crippen LogP contribution in [-0.2, 0) is 0 Å². The molecular weight excluding hydrogens is 321 g/mol. The molecule has 0 spiro atoms. The Kier molecular flexibility index (Phi) is 4.50. The lowest BCUT2D eigenvalue weighted by Crippen LogP contribution is -2.14. The molecule has 2 N–H and O–H groups in total. The zero-order valence-corrected chi connectivity index (χ0v) is 13.3. The first-order valence-corrected chi connectivity index (χ1v) is 7.23. The van der Waals surface area contributed by atoms with Crippen LogP contribution in [0.15, 0.2) is 22.7 Å². The normalized spacial score (nSPS) is 12.5. The molecule has 1 aromatic heterocycles. The third kappa shape index (κ3) is 3.04. The van der Waals surface area contributed by atoms with Crippen molar-refractivity contribution in [2.75, 3.05) is 6.54 Å².